The van der Waals surface area contributed by atoms with Gasteiger partial charge >= 0.3 is 6.09 Å². The number of hydrogen-bond donors (Lipinski definition) is 1. The zero-order chi connectivity index (χ0) is 14.7. The van der Waals surface area contributed by atoms with E-state index in [4.69, 9.17) is 4.74 Å². The number of fused-ring (bicyclic) bond motifs is 1. The number of thiazole rings is 1. The first-order chi connectivity index (χ1) is 10.2. The zero-order valence-electron chi connectivity index (χ0n) is 11.9. The zero-order valence-corrected chi connectivity index (χ0v) is 12.7. The molecule has 0 saturated carbocycles. The minimum atomic E-state index is -0.420. The largest absolute Gasteiger partial charge is 0.448 e. The molecule has 2 amide bonds. The first kappa shape index (κ1) is 14.3. The van der Waals surface area contributed by atoms with E-state index in [0.717, 1.165) is 18.5 Å². The fourth-order valence-corrected chi connectivity index (χ4v) is 3.73. The van der Waals surface area contributed by atoms with Crippen LogP contribution in [0.25, 0.3) is 0 Å². The molecule has 1 saturated heterocycles. The molecule has 2 heterocycles. The van der Waals surface area contributed by atoms with Gasteiger partial charge in [0, 0.05) is 4.88 Å². The number of carbonyl (C=O) groups excluding carboxylic acids is 2. The van der Waals surface area contributed by atoms with E-state index in [2.05, 4.69) is 10.3 Å². The lowest BCUT2D eigenvalue weighted by atomic mass is 10.0. The number of amides is 2. The number of aromatic nitrogens is 1. The van der Waals surface area contributed by atoms with E-state index in [0.29, 0.717) is 18.3 Å². The van der Waals surface area contributed by atoms with Gasteiger partial charge in [-0.05, 0) is 25.7 Å². The quantitative estimate of drug-likeness (QED) is 0.929. The lowest BCUT2D eigenvalue weighted by Gasteiger charge is -2.10. The molecular weight excluding hydrogens is 290 g/mol. The monoisotopic (exact) mass is 309 g/mol. The fraction of sp³-hybridized carbons (Fsp3) is 0.643. The third-order valence-corrected chi connectivity index (χ3v) is 4.84. The number of carbonyl (C=O) groups is 2. The number of rotatable bonds is 3. The summed E-state index contributed by atoms with van der Waals surface area (Å²) < 4.78 is 4.80. The normalized spacial score (nSPS) is 18.7. The number of hydrogen-bond acceptors (Lipinski definition) is 5. The third kappa shape index (κ3) is 3.53. The molecule has 114 valence electrons. The summed E-state index contributed by atoms with van der Waals surface area (Å²) in [5.41, 5.74) is 1.13. The van der Waals surface area contributed by atoms with Gasteiger partial charge in [0.2, 0.25) is 5.91 Å². The SMILES string of the molecule is O=C(CN1CCOC1=O)Nc1nc2c(s1)CCCCCC2. The number of anilines is 1. The molecule has 6 nitrogen and oxygen atoms in total. The molecule has 21 heavy (non-hydrogen) atoms. The molecular formula is C14H19N3O3S. The number of nitrogens with zero attached hydrogens (tertiary/aromatic N) is 2. The van der Waals surface area contributed by atoms with Crippen LogP contribution in [0.3, 0.4) is 0 Å². The Balaban J connectivity index is 1.60. The van der Waals surface area contributed by atoms with Crippen LogP contribution >= 0.6 is 11.3 Å². The summed E-state index contributed by atoms with van der Waals surface area (Å²) in [5, 5.41) is 3.46. The Kier molecular flexibility index (Phi) is 4.38. The molecule has 1 N–H and O–H groups in total. The maximum absolute atomic E-state index is 12.0. The topological polar surface area (TPSA) is 71.5 Å². The highest BCUT2D eigenvalue weighted by Crippen LogP contribution is 2.28. The molecule has 7 heteroatoms. The average Bonchev–Trinajstić information content (AvgIpc) is 2.97. The molecule has 0 unspecified atom stereocenters. The first-order valence-corrected chi connectivity index (χ1v) is 8.24. The highest BCUT2D eigenvalue weighted by Gasteiger charge is 2.24. The molecule has 1 aliphatic carbocycles. The summed E-state index contributed by atoms with van der Waals surface area (Å²) in [6.45, 7) is 0.862. The number of aryl methyl sites for hydroxylation is 2. The Hall–Kier alpha value is -1.63. The van der Waals surface area contributed by atoms with Gasteiger partial charge in [-0.3, -0.25) is 9.69 Å². The predicted molar refractivity (Wildman–Crippen MR) is 79.5 cm³/mol. The molecule has 0 atom stereocenters. The minimum absolute atomic E-state index is 0.0308. The number of cyclic esters (lactones) is 1. The van der Waals surface area contributed by atoms with E-state index in [9.17, 15) is 9.59 Å². The molecule has 0 radical (unpaired) electrons. The smallest absolute Gasteiger partial charge is 0.410 e. The molecule has 1 aromatic heterocycles. The lowest BCUT2D eigenvalue weighted by molar-refractivity contribution is -0.116. The van der Waals surface area contributed by atoms with Gasteiger partial charge in [0.15, 0.2) is 5.13 Å². The van der Waals surface area contributed by atoms with Gasteiger partial charge in [-0.1, -0.05) is 12.8 Å². The summed E-state index contributed by atoms with van der Waals surface area (Å²) in [7, 11) is 0. The van der Waals surface area contributed by atoms with Crippen molar-refractivity contribution in [1.29, 1.82) is 0 Å². The van der Waals surface area contributed by atoms with Crippen LogP contribution in [0, 0.1) is 0 Å². The van der Waals surface area contributed by atoms with Gasteiger partial charge in [-0.15, -0.1) is 11.3 Å². The Morgan fingerprint density at radius 1 is 1.29 bits per heavy atom. The van der Waals surface area contributed by atoms with E-state index in [1.807, 2.05) is 0 Å². The molecule has 2 aliphatic rings. The first-order valence-electron chi connectivity index (χ1n) is 7.42. The molecule has 0 spiro atoms. The van der Waals surface area contributed by atoms with E-state index in [1.165, 1.54) is 35.5 Å². The van der Waals surface area contributed by atoms with Crippen LogP contribution in [0.1, 0.15) is 36.3 Å². The van der Waals surface area contributed by atoms with Crippen LogP contribution in [0.4, 0.5) is 9.93 Å². The van der Waals surface area contributed by atoms with Crippen molar-refractivity contribution in [1.82, 2.24) is 9.88 Å². The second kappa shape index (κ2) is 6.43. The number of ether oxygens (including phenoxy) is 1. The Morgan fingerprint density at radius 3 is 2.86 bits per heavy atom. The minimum Gasteiger partial charge on any atom is -0.448 e. The van der Waals surface area contributed by atoms with Crippen LogP contribution in [-0.2, 0) is 22.4 Å². The van der Waals surface area contributed by atoms with E-state index in [-0.39, 0.29) is 12.5 Å². The Morgan fingerprint density at radius 2 is 2.10 bits per heavy atom. The lowest BCUT2D eigenvalue weighted by Crippen LogP contribution is -2.33. The van der Waals surface area contributed by atoms with Gasteiger partial charge in [0.25, 0.3) is 0 Å². The summed E-state index contributed by atoms with van der Waals surface area (Å²) in [6, 6.07) is 0. The van der Waals surface area contributed by atoms with Crippen LogP contribution in [0.15, 0.2) is 0 Å². The maximum atomic E-state index is 12.0. The van der Waals surface area contributed by atoms with Crippen LogP contribution in [0.5, 0.6) is 0 Å². The predicted octanol–water partition coefficient (Wildman–Crippen LogP) is 2.19. The van der Waals surface area contributed by atoms with Crippen molar-refractivity contribution in [2.24, 2.45) is 0 Å². The van der Waals surface area contributed by atoms with Gasteiger partial charge < -0.3 is 10.1 Å². The maximum Gasteiger partial charge on any atom is 0.410 e. The van der Waals surface area contributed by atoms with Crippen LogP contribution in [0.2, 0.25) is 0 Å². The summed E-state index contributed by atoms with van der Waals surface area (Å²) >= 11 is 1.57. The summed E-state index contributed by atoms with van der Waals surface area (Å²) in [4.78, 5) is 30.5. The molecule has 1 aliphatic heterocycles. The standard InChI is InChI=1S/C14H19N3O3S/c18-12(9-17-7-8-20-14(17)19)16-13-15-10-5-3-1-2-4-6-11(10)21-13/h1-9H2,(H,15,16,18). The van der Waals surface area contributed by atoms with Crippen molar-refractivity contribution in [3.63, 3.8) is 0 Å². The van der Waals surface area contributed by atoms with Crippen molar-refractivity contribution in [2.75, 3.05) is 25.0 Å². The second-order valence-electron chi connectivity index (χ2n) is 5.39. The highest BCUT2D eigenvalue weighted by molar-refractivity contribution is 7.15. The van der Waals surface area contributed by atoms with E-state index in [1.54, 1.807) is 11.3 Å². The fourth-order valence-electron chi connectivity index (χ4n) is 2.66. The average molecular weight is 309 g/mol. The van der Waals surface area contributed by atoms with Crippen LogP contribution in [-0.4, -0.2) is 41.6 Å². The Bertz CT molecular complexity index is 518. The van der Waals surface area contributed by atoms with Crippen molar-refractivity contribution < 1.29 is 14.3 Å². The van der Waals surface area contributed by atoms with Gasteiger partial charge in [0.1, 0.15) is 13.2 Å². The molecule has 1 aromatic rings. The van der Waals surface area contributed by atoms with Crippen LogP contribution < -0.4 is 5.32 Å². The molecule has 1 fully saturated rings. The molecule has 0 aromatic carbocycles. The van der Waals surface area contributed by atoms with Gasteiger partial charge in [-0.2, -0.15) is 0 Å². The summed E-state index contributed by atoms with van der Waals surface area (Å²) in [6.07, 6.45) is 6.54. The van der Waals surface area contributed by atoms with Gasteiger partial charge in [0.05, 0.1) is 12.2 Å². The van der Waals surface area contributed by atoms with E-state index >= 15 is 0 Å². The third-order valence-electron chi connectivity index (χ3n) is 3.77. The van der Waals surface area contributed by atoms with Crippen molar-refractivity contribution in [2.45, 2.75) is 38.5 Å². The summed E-state index contributed by atoms with van der Waals surface area (Å²) in [5.74, 6) is -0.212. The molecule has 0 bridgehead atoms. The number of nitrogens with one attached hydrogen (secondary N) is 1. The van der Waals surface area contributed by atoms with Crippen molar-refractivity contribution in [3.8, 4) is 0 Å². The van der Waals surface area contributed by atoms with Gasteiger partial charge in [-0.25, -0.2) is 9.78 Å². The van der Waals surface area contributed by atoms with E-state index < -0.39 is 6.09 Å². The second-order valence-corrected chi connectivity index (χ2v) is 6.47. The van der Waals surface area contributed by atoms with Crippen molar-refractivity contribution >= 4 is 28.5 Å². The van der Waals surface area contributed by atoms with Crippen molar-refractivity contribution in [3.05, 3.63) is 10.6 Å². The Labute approximate surface area is 127 Å². The highest BCUT2D eigenvalue weighted by atomic mass is 32.1. The molecule has 3 rings (SSSR count).